The quantitative estimate of drug-likeness (QED) is 0.547. The van der Waals surface area contributed by atoms with Crippen LogP contribution in [0.1, 0.15) is 0 Å². The molecule has 18 heavy (non-hydrogen) atoms. The van der Waals surface area contributed by atoms with Gasteiger partial charge >= 0.3 is 0 Å². The molecule has 2 aromatic carbocycles. The fraction of sp³-hybridized carbons (Fsp3) is 0. The molecular formula is C13H7BrINOS. The van der Waals surface area contributed by atoms with Gasteiger partial charge in [0.25, 0.3) is 0 Å². The molecule has 3 aromatic rings. The third kappa shape index (κ3) is 2.26. The number of thiazole rings is 1. The Morgan fingerprint density at radius 1 is 1.17 bits per heavy atom. The lowest BCUT2D eigenvalue weighted by atomic mass is 10.2. The third-order valence-corrected chi connectivity index (χ3v) is 4.77. The highest BCUT2D eigenvalue weighted by molar-refractivity contribution is 14.1. The van der Waals surface area contributed by atoms with Gasteiger partial charge in [0.15, 0.2) is 0 Å². The molecule has 3 rings (SSSR count). The van der Waals surface area contributed by atoms with Gasteiger partial charge in [-0.15, -0.1) is 11.3 Å². The van der Waals surface area contributed by atoms with Crippen molar-refractivity contribution in [3.63, 3.8) is 0 Å². The molecular weight excluding hydrogens is 425 g/mol. The first kappa shape index (κ1) is 12.4. The summed E-state index contributed by atoms with van der Waals surface area (Å²) in [7, 11) is 0. The fourth-order valence-electron chi connectivity index (χ4n) is 1.70. The lowest BCUT2D eigenvalue weighted by molar-refractivity contribution is 0.477. The Morgan fingerprint density at radius 2 is 2.00 bits per heavy atom. The number of aromatic hydroxyl groups is 1. The van der Waals surface area contributed by atoms with Crippen LogP contribution in [0.4, 0.5) is 0 Å². The molecule has 0 aliphatic carbocycles. The van der Waals surface area contributed by atoms with E-state index in [9.17, 15) is 5.11 Å². The van der Waals surface area contributed by atoms with Crippen LogP contribution in [0.25, 0.3) is 20.8 Å². The lowest BCUT2D eigenvalue weighted by Crippen LogP contribution is -1.79. The molecule has 0 saturated heterocycles. The van der Waals surface area contributed by atoms with Gasteiger partial charge in [-0.25, -0.2) is 4.98 Å². The molecule has 0 spiro atoms. The number of hydrogen-bond donors (Lipinski definition) is 1. The largest absolute Gasteiger partial charge is 0.507 e. The topological polar surface area (TPSA) is 33.1 Å². The zero-order valence-corrected chi connectivity index (χ0v) is 13.6. The maximum absolute atomic E-state index is 9.92. The van der Waals surface area contributed by atoms with E-state index in [0.29, 0.717) is 0 Å². The molecule has 0 aliphatic rings. The molecule has 0 amide bonds. The van der Waals surface area contributed by atoms with E-state index in [-0.39, 0.29) is 5.75 Å². The third-order valence-electron chi connectivity index (χ3n) is 2.54. The summed E-state index contributed by atoms with van der Waals surface area (Å²) in [5.74, 6) is 0.272. The van der Waals surface area contributed by atoms with E-state index in [1.54, 1.807) is 17.4 Å². The number of phenols is 1. The Labute approximate surface area is 130 Å². The van der Waals surface area contributed by atoms with Gasteiger partial charge in [-0.1, -0.05) is 15.9 Å². The highest BCUT2D eigenvalue weighted by atomic mass is 127. The van der Waals surface area contributed by atoms with Gasteiger partial charge in [-0.05, 0) is 59.0 Å². The van der Waals surface area contributed by atoms with Gasteiger partial charge in [0.05, 0.1) is 15.8 Å². The second kappa shape index (κ2) is 4.79. The molecule has 0 unspecified atom stereocenters. The number of phenolic OH excluding ortho intramolecular Hbond substituents is 1. The van der Waals surface area contributed by atoms with Crippen molar-refractivity contribution in [2.45, 2.75) is 0 Å². The van der Waals surface area contributed by atoms with Gasteiger partial charge in [-0.3, -0.25) is 0 Å². The maximum atomic E-state index is 9.92. The van der Waals surface area contributed by atoms with Gasteiger partial charge in [0.1, 0.15) is 10.8 Å². The molecule has 1 aromatic heterocycles. The van der Waals surface area contributed by atoms with Crippen LogP contribution in [0.15, 0.2) is 40.9 Å². The summed E-state index contributed by atoms with van der Waals surface area (Å²) in [5, 5.41) is 10.8. The van der Waals surface area contributed by atoms with Crippen LogP contribution in [-0.4, -0.2) is 10.1 Å². The highest BCUT2D eigenvalue weighted by Gasteiger charge is 2.10. The molecule has 0 atom stereocenters. The van der Waals surface area contributed by atoms with E-state index in [2.05, 4.69) is 43.5 Å². The van der Waals surface area contributed by atoms with Gasteiger partial charge in [0, 0.05) is 8.04 Å². The first-order valence-electron chi connectivity index (χ1n) is 5.18. The van der Waals surface area contributed by atoms with Crippen molar-refractivity contribution in [1.82, 2.24) is 4.98 Å². The van der Waals surface area contributed by atoms with Crippen LogP contribution in [-0.2, 0) is 0 Å². The van der Waals surface area contributed by atoms with Crippen molar-refractivity contribution >= 4 is 60.1 Å². The van der Waals surface area contributed by atoms with E-state index < -0.39 is 0 Å². The minimum Gasteiger partial charge on any atom is -0.507 e. The molecule has 0 saturated carbocycles. The number of fused-ring (bicyclic) bond motifs is 1. The Balaban J connectivity index is 2.22. The normalized spacial score (nSPS) is 11.0. The minimum absolute atomic E-state index is 0.272. The van der Waals surface area contributed by atoms with Crippen molar-refractivity contribution in [1.29, 1.82) is 0 Å². The molecule has 0 bridgehead atoms. The number of aromatic nitrogens is 1. The highest BCUT2D eigenvalue weighted by Crippen LogP contribution is 2.36. The Morgan fingerprint density at radius 3 is 2.83 bits per heavy atom. The molecule has 0 fully saturated rings. The second-order valence-corrected chi connectivity index (χ2v) is 6.98. The zero-order chi connectivity index (χ0) is 12.7. The van der Waals surface area contributed by atoms with E-state index >= 15 is 0 Å². The summed E-state index contributed by atoms with van der Waals surface area (Å²) in [6, 6.07) is 11.6. The molecule has 0 radical (unpaired) electrons. The number of nitrogens with zero attached hydrogens (tertiary/aromatic N) is 1. The Hall–Kier alpha value is -0.660. The first-order chi connectivity index (χ1) is 8.63. The molecule has 0 aliphatic heterocycles. The van der Waals surface area contributed by atoms with E-state index in [0.717, 1.165) is 28.8 Å². The summed E-state index contributed by atoms with van der Waals surface area (Å²) < 4.78 is 3.21. The van der Waals surface area contributed by atoms with Crippen LogP contribution in [0.5, 0.6) is 5.75 Å². The molecule has 2 nitrogen and oxygen atoms in total. The monoisotopic (exact) mass is 431 g/mol. The summed E-state index contributed by atoms with van der Waals surface area (Å²) in [4.78, 5) is 4.57. The summed E-state index contributed by atoms with van der Waals surface area (Å²) in [5.41, 5.74) is 1.74. The predicted molar refractivity (Wildman–Crippen MR) is 87.1 cm³/mol. The molecule has 1 heterocycles. The van der Waals surface area contributed by atoms with Gasteiger partial charge < -0.3 is 5.11 Å². The van der Waals surface area contributed by atoms with Crippen molar-refractivity contribution < 1.29 is 5.11 Å². The number of benzene rings is 2. The predicted octanol–water partition coefficient (Wildman–Crippen LogP) is 5.04. The standard InChI is InChI=1S/C13H7BrINOS/c14-7-1-4-12-10(5-7)16-13(18-12)9-6-8(15)2-3-11(9)17/h1-6,17H. The Bertz CT molecular complexity index is 741. The van der Waals surface area contributed by atoms with Crippen LogP contribution in [0, 0.1) is 3.57 Å². The smallest absolute Gasteiger partial charge is 0.128 e. The molecule has 90 valence electrons. The number of rotatable bonds is 1. The van der Waals surface area contributed by atoms with Crippen molar-refractivity contribution in [2.24, 2.45) is 0 Å². The van der Waals surface area contributed by atoms with E-state index in [4.69, 9.17) is 0 Å². The van der Waals surface area contributed by atoms with E-state index in [1.807, 2.05) is 30.3 Å². The average molecular weight is 432 g/mol. The number of halogens is 2. The van der Waals surface area contributed by atoms with Crippen molar-refractivity contribution in [2.75, 3.05) is 0 Å². The minimum atomic E-state index is 0.272. The summed E-state index contributed by atoms with van der Waals surface area (Å²) in [6.07, 6.45) is 0. The fourth-order valence-corrected chi connectivity index (χ4v) is 3.51. The maximum Gasteiger partial charge on any atom is 0.128 e. The van der Waals surface area contributed by atoms with Gasteiger partial charge in [-0.2, -0.15) is 0 Å². The second-order valence-electron chi connectivity index (χ2n) is 3.79. The number of hydrogen-bond acceptors (Lipinski definition) is 3. The Kier molecular flexibility index (Phi) is 3.29. The van der Waals surface area contributed by atoms with Crippen LogP contribution in [0.2, 0.25) is 0 Å². The zero-order valence-electron chi connectivity index (χ0n) is 9.02. The van der Waals surface area contributed by atoms with Crippen molar-refractivity contribution in [3.8, 4) is 16.3 Å². The van der Waals surface area contributed by atoms with Crippen molar-refractivity contribution in [3.05, 3.63) is 44.4 Å². The average Bonchev–Trinajstić information content (AvgIpc) is 2.74. The summed E-state index contributed by atoms with van der Waals surface area (Å²) >= 11 is 7.26. The SMILES string of the molecule is Oc1ccc(I)cc1-c1nc2cc(Br)ccc2s1. The first-order valence-corrected chi connectivity index (χ1v) is 7.87. The van der Waals surface area contributed by atoms with Crippen LogP contribution in [0.3, 0.4) is 0 Å². The summed E-state index contributed by atoms with van der Waals surface area (Å²) in [6.45, 7) is 0. The van der Waals surface area contributed by atoms with E-state index in [1.165, 1.54) is 0 Å². The molecule has 1 N–H and O–H groups in total. The van der Waals surface area contributed by atoms with Crippen LogP contribution >= 0.6 is 49.9 Å². The lowest BCUT2D eigenvalue weighted by Gasteiger charge is -2.00. The van der Waals surface area contributed by atoms with Crippen LogP contribution < -0.4 is 0 Å². The molecule has 5 heteroatoms. The van der Waals surface area contributed by atoms with Gasteiger partial charge in [0.2, 0.25) is 0 Å².